The van der Waals surface area contributed by atoms with E-state index in [2.05, 4.69) is 21.2 Å². The normalized spacial score (nSPS) is 20.5. The average molecular weight is 318 g/mol. The van der Waals surface area contributed by atoms with Crippen LogP contribution in [0.15, 0.2) is 23.1 Å². The van der Waals surface area contributed by atoms with E-state index in [9.17, 15) is 9.18 Å². The zero-order valence-corrected chi connectivity index (χ0v) is 11.8. The van der Waals surface area contributed by atoms with Crippen LogP contribution in [0.3, 0.4) is 0 Å². The van der Waals surface area contributed by atoms with E-state index in [1.54, 1.807) is 24.8 Å². The van der Waals surface area contributed by atoms with Crippen molar-refractivity contribution in [1.29, 1.82) is 0 Å². The van der Waals surface area contributed by atoms with Crippen molar-refractivity contribution in [1.82, 2.24) is 5.32 Å². The molecule has 2 nitrogen and oxygen atoms in total. The van der Waals surface area contributed by atoms with Gasteiger partial charge in [-0.3, -0.25) is 4.79 Å². The van der Waals surface area contributed by atoms with Gasteiger partial charge in [-0.1, -0.05) is 15.9 Å². The van der Waals surface area contributed by atoms with Gasteiger partial charge in [-0.15, -0.1) is 11.8 Å². The minimum Gasteiger partial charge on any atom is -0.348 e. The first-order valence-electron chi connectivity index (χ1n) is 5.44. The van der Waals surface area contributed by atoms with Crippen molar-refractivity contribution in [2.24, 2.45) is 0 Å². The Morgan fingerprint density at radius 3 is 3.12 bits per heavy atom. The topological polar surface area (TPSA) is 29.1 Å². The highest BCUT2D eigenvalue weighted by Crippen LogP contribution is 2.36. The fourth-order valence-electron chi connectivity index (χ4n) is 1.80. The van der Waals surface area contributed by atoms with E-state index in [1.807, 2.05) is 0 Å². The Morgan fingerprint density at radius 1 is 1.65 bits per heavy atom. The molecule has 1 aliphatic heterocycles. The number of halogens is 2. The molecule has 2 atom stereocenters. The van der Waals surface area contributed by atoms with E-state index in [1.165, 1.54) is 12.1 Å². The van der Waals surface area contributed by atoms with Gasteiger partial charge >= 0.3 is 0 Å². The second-order valence-electron chi connectivity index (χ2n) is 4.00. The summed E-state index contributed by atoms with van der Waals surface area (Å²) in [6.45, 7) is 1.78. The highest BCUT2D eigenvalue weighted by molar-refractivity contribution is 9.10. The molecule has 0 aliphatic carbocycles. The van der Waals surface area contributed by atoms with Crippen LogP contribution in [0.25, 0.3) is 0 Å². The molecule has 0 saturated carbocycles. The number of carbonyl (C=O) groups is 1. The Labute approximate surface area is 112 Å². The molecule has 1 aromatic rings. The van der Waals surface area contributed by atoms with Crippen LogP contribution < -0.4 is 5.32 Å². The SMILES string of the molecule is CC(Br)C(=O)NC1CCSc2ccc(F)cc21. The summed E-state index contributed by atoms with van der Waals surface area (Å²) in [6.07, 6.45) is 0.840. The summed E-state index contributed by atoms with van der Waals surface area (Å²) in [6, 6.07) is 4.69. The zero-order chi connectivity index (χ0) is 12.4. The van der Waals surface area contributed by atoms with Crippen LogP contribution in [-0.4, -0.2) is 16.5 Å². The summed E-state index contributed by atoms with van der Waals surface area (Å²) in [4.78, 5) is 12.5. The van der Waals surface area contributed by atoms with Gasteiger partial charge in [-0.2, -0.15) is 0 Å². The number of hydrogen-bond acceptors (Lipinski definition) is 2. The van der Waals surface area contributed by atoms with Gasteiger partial charge in [0, 0.05) is 10.6 Å². The Hall–Kier alpha value is -0.550. The average Bonchev–Trinajstić information content (AvgIpc) is 2.29. The molecule has 0 radical (unpaired) electrons. The smallest absolute Gasteiger partial charge is 0.233 e. The molecule has 1 aromatic carbocycles. The lowest BCUT2D eigenvalue weighted by Crippen LogP contribution is -2.34. The molecule has 1 heterocycles. The number of alkyl halides is 1. The number of nitrogens with one attached hydrogen (secondary N) is 1. The van der Waals surface area contributed by atoms with Crippen molar-refractivity contribution >= 4 is 33.6 Å². The fourth-order valence-corrected chi connectivity index (χ4v) is 3.04. The van der Waals surface area contributed by atoms with Crippen molar-refractivity contribution in [2.75, 3.05) is 5.75 Å². The van der Waals surface area contributed by atoms with Crippen molar-refractivity contribution in [3.63, 3.8) is 0 Å². The van der Waals surface area contributed by atoms with Crippen LogP contribution >= 0.6 is 27.7 Å². The van der Waals surface area contributed by atoms with Gasteiger partial charge in [0.15, 0.2) is 0 Å². The number of rotatable bonds is 2. The standard InChI is InChI=1S/C12H13BrFNOS/c1-7(13)12(16)15-10-4-5-17-11-3-2-8(14)6-9(10)11/h2-3,6-7,10H,4-5H2,1H3,(H,15,16). The van der Waals surface area contributed by atoms with E-state index >= 15 is 0 Å². The number of thioether (sulfide) groups is 1. The molecule has 92 valence electrons. The Bertz CT molecular complexity index is 439. The van der Waals surface area contributed by atoms with Gasteiger partial charge in [-0.05, 0) is 37.1 Å². The Kier molecular flexibility index (Phi) is 4.09. The van der Waals surface area contributed by atoms with Gasteiger partial charge in [0.2, 0.25) is 5.91 Å². The lowest BCUT2D eigenvalue weighted by molar-refractivity contribution is -0.120. The lowest BCUT2D eigenvalue weighted by atomic mass is 10.0. The van der Waals surface area contributed by atoms with Gasteiger partial charge < -0.3 is 5.32 Å². The third kappa shape index (κ3) is 3.01. The van der Waals surface area contributed by atoms with Crippen LogP contribution in [-0.2, 0) is 4.79 Å². The number of hydrogen-bond donors (Lipinski definition) is 1. The minimum absolute atomic E-state index is 0.0582. The summed E-state index contributed by atoms with van der Waals surface area (Å²) in [5.74, 6) is 0.634. The monoisotopic (exact) mass is 317 g/mol. The van der Waals surface area contributed by atoms with Crippen LogP contribution in [0.2, 0.25) is 0 Å². The maximum absolute atomic E-state index is 13.2. The van der Waals surface area contributed by atoms with E-state index < -0.39 is 0 Å². The maximum Gasteiger partial charge on any atom is 0.233 e. The van der Waals surface area contributed by atoms with E-state index in [0.29, 0.717) is 0 Å². The number of fused-ring (bicyclic) bond motifs is 1. The molecule has 5 heteroatoms. The van der Waals surface area contributed by atoms with Crippen LogP contribution in [0.1, 0.15) is 24.9 Å². The van der Waals surface area contributed by atoms with Crippen molar-refractivity contribution in [2.45, 2.75) is 29.1 Å². The Morgan fingerprint density at radius 2 is 2.41 bits per heavy atom. The van der Waals surface area contributed by atoms with Crippen LogP contribution in [0.5, 0.6) is 0 Å². The molecule has 0 fully saturated rings. The molecule has 0 saturated heterocycles. The predicted molar refractivity (Wildman–Crippen MR) is 71.0 cm³/mol. The third-order valence-corrected chi connectivity index (χ3v) is 4.23. The largest absolute Gasteiger partial charge is 0.348 e. The molecule has 17 heavy (non-hydrogen) atoms. The lowest BCUT2D eigenvalue weighted by Gasteiger charge is -2.26. The number of benzene rings is 1. The molecule has 2 unspecified atom stereocenters. The summed E-state index contributed by atoms with van der Waals surface area (Å²) in [5.41, 5.74) is 0.891. The first-order valence-corrected chi connectivity index (χ1v) is 7.35. The summed E-state index contributed by atoms with van der Waals surface area (Å²) in [5, 5.41) is 2.94. The van der Waals surface area contributed by atoms with Crippen molar-refractivity contribution in [3.8, 4) is 0 Å². The van der Waals surface area contributed by atoms with Gasteiger partial charge in [-0.25, -0.2) is 4.39 Å². The highest BCUT2D eigenvalue weighted by atomic mass is 79.9. The summed E-state index contributed by atoms with van der Waals surface area (Å²) in [7, 11) is 0. The molecule has 0 spiro atoms. The van der Waals surface area contributed by atoms with Gasteiger partial charge in [0.1, 0.15) is 5.82 Å². The van der Waals surface area contributed by atoms with E-state index in [-0.39, 0.29) is 22.6 Å². The fraction of sp³-hybridized carbons (Fsp3) is 0.417. The maximum atomic E-state index is 13.2. The first-order chi connectivity index (χ1) is 8.08. The number of carbonyl (C=O) groups excluding carboxylic acids is 1. The highest BCUT2D eigenvalue weighted by Gasteiger charge is 2.23. The Balaban J connectivity index is 2.22. The number of amides is 1. The molecule has 1 aliphatic rings. The van der Waals surface area contributed by atoms with Gasteiger partial charge in [0.05, 0.1) is 10.9 Å². The molecular formula is C12H13BrFNOS. The second-order valence-corrected chi connectivity index (χ2v) is 6.51. The molecule has 1 N–H and O–H groups in total. The van der Waals surface area contributed by atoms with E-state index in [0.717, 1.165) is 22.6 Å². The molecule has 0 aromatic heterocycles. The molecule has 1 amide bonds. The van der Waals surface area contributed by atoms with Gasteiger partial charge in [0.25, 0.3) is 0 Å². The molecule has 0 bridgehead atoms. The van der Waals surface area contributed by atoms with E-state index in [4.69, 9.17) is 0 Å². The predicted octanol–water partition coefficient (Wildman–Crippen LogP) is 3.26. The quantitative estimate of drug-likeness (QED) is 0.848. The summed E-state index contributed by atoms with van der Waals surface area (Å²) < 4.78 is 13.2. The van der Waals surface area contributed by atoms with Crippen molar-refractivity contribution in [3.05, 3.63) is 29.6 Å². The van der Waals surface area contributed by atoms with Crippen molar-refractivity contribution < 1.29 is 9.18 Å². The third-order valence-electron chi connectivity index (χ3n) is 2.69. The zero-order valence-electron chi connectivity index (χ0n) is 9.37. The first kappa shape index (κ1) is 12.9. The molecular weight excluding hydrogens is 305 g/mol. The van der Waals surface area contributed by atoms with Crippen LogP contribution in [0.4, 0.5) is 4.39 Å². The van der Waals surface area contributed by atoms with Crippen LogP contribution in [0, 0.1) is 5.82 Å². The minimum atomic E-state index is -0.252. The summed E-state index contributed by atoms with van der Waals surface area (Å²) >= 11 is 4.94. The second kappa shape index (κ2) is 5.40. The molecule has 2 rings (SSSR count).